The van der Waals surface area contributed by atoms with E-state index >= 15 is 0 Å². The zero-order chi connectivity index (χ0) is 19.3. The molecule has 0 radical (unpaired) electrons. The number of benzene rings is 1. The van der Waals surface area contributed by atoms with E-state index in [1.807, 2.05) is 48.7 Å². The van der Waals surface area contributed by atoms with E-state index in [1.54, 1.807) is 34.3 Å². The van der Waals surface area contributed by atoms with Crippen molar-refractivity contribution in [2.24, 2.45) is 0 Å². The number of aromatic nitrogens is 3. The van der Waals surface area contributed by atoms with Gasteiger partial charge in [0.1, 0.15) is 11.6 Å². The van der Waals surface area contributed by atoms with E-state index in [1.165, 1.54) is 0 Å². The fourth-order valence-corrected chi connectivity index (χ4v) is 3.38. The average molecular weight is 394 g/mol. The lowest BCUT2D eigenvalue weighted by Gasteiger charge is -2.06. The molecular weight excluding hydrogens is 376 g/mol. The number of amides is 1. The molecule has 7 nitrogen and oxygen atoms in total. The number of carbonyl (C=O) groups excluding carboxylic acids is 1. The van der Waals surface area contributed by atoms with E-state index in [9.17, 15) is 4.79 Å². The van der Waals surface area contributed by atoms with Gasteiger partial charge in [-0.15, -0.1) is 11.3 Å². The quantitative estimate of drug-likeness (QED) is 0.505. The summed E-state index contributed by atoms with van der Waals surface area (Å²) in [6.07, 6.45) is 1.65. The standard InChI is InChI=1S/C20H18N4O3S/c1-2-26-15-7-5-14(6-8-15)18-12-17(23-27-18)20(25)22-19-9-10-21-24(19)13-16-4-3-11-28-16/h3-12H,2,13H2,1H3,(H,22,25). The molecule has 3 heterocycles. The van der Waals surface area contributed by atoms with Crippen molar-refractivity contribution in [3.63, 3.8) is 0 Å². The highest BCUT2D eigenvalue weighted by Crippen LogP contribution is 2.24. The van der Waals surface area contributed by atoms with E-state index in [4.69, 9.17) is 9.26 Å². The number of rotatable bonds is 7. The lowest BCUT2D eigenvalue weighted by Crippen LogP contribution is -2.16. The maximum absolute atomic E-state index is 12.6. The van der Waals surface area contributed by atoms with Gasteiger partial charge in [0.05, 0.1) is 19.3 Å². The third-order valence-electron chi connectivity index (χ3n) is 4.04. The third-order valence-corrected chi connectivity index (χ3v) is 4.90. The summed E-state index contributed by atoms with van der Waals surface area (Å²) in [4.78, 5) is 13.7. The van der Waals surface area contributed by atoms with Crippen molar-refractivity contribution in [2.75, 3.05) is 11.9 Å². The number of nitrogens with zero attached hydrogens (tertiary/aromatic N) is 3. The summed E-state index contributed by atoms with van der Waals surface area (Å²) >= 11 is 1.64. The van der Waals surface area contributed by atoms with Crippen LogP contribution >= 0.6 is 11.3 Å². The van der Waals surface area contributed by atoms with Gasteiger partial charge in [-0.1, -0.05) is 11.2 Å². The van der Waals surface area contributed by atoms with Crippen molar-refractivity contribution in [1.29, 1.82) is 0 Å². The van der Waals surface area contributed by atoms with Crippen molar-refractivity contribution in [1.82, 2.24) is 14.9 Å². The largest absolute Gasteiger partial charge is 0.494 e. The fraction of sp³-hybridized carbons (Fsp3) is 0.150. The van der Waals surface area contributed by atoms with E-state index in [2.05, 4.69) is 15.6 Å². The number of hydrogen-bond donors (Lipinski definition) is 1. The normalized spacial score (nSPS) is 10.8. The Labute approximate surface area is 165 Å². The van der Waals surface area contributed by atoms with Crippen LogP contribution in [-0.2, 0) is 6.54 Å². The number of hydrogen-bond acceptors (Lipinski definition) is 6. The number of nitrogens with one attached hydrogen (secondary N) is 1. The van der Waals surface area contributed by atoms with Crippen LogP contribution in [0.3, 0.4) is 0 Å². The molecule has 0 aliphatic rings. The summed E-state index contributed by atoms with van der Waals surface area (Å²) in [5.41, 5.74) is 1.02. The summed E-state index contributed by atoms with van der Waals surface area (Å²) in [5.74, 6) is 1.54. The molecule has 0 saturated carbocycles. The Bertz CT molecular complexity index is 1050. The summed E-state index contributed by atoms with van der Waals surface area (Å²) in [7, 11) is 0. The summed E-state index contributed by atoms with van der Waals surface area (Å²) in [5, 5.41) is 13.0. The van der Waals surface area contributed by atoms with E-state index in [0.717, 1.165) is 16.2 Å². The minimum atomic E-state index is -0.353. The molecule has 4 aromatic rings. The van der Waals surface area contributed by atoms with E-state index in [0.29, 0.717) is 24.7 Å². The second kappa shape index (κ2) is 8.10. The Morgan fingerprint density at radius 3 is 2.86 bits per heavy atom. The molecule has 0 saturated heterocycles. The van der Waals surface area contributed by atoms with Crippen LogP contribution < -0.4 is 10.1 Å². The van der Waals surface area contributed by atoms with Gasteiger partial charge in [0, 0.05) is 22.6 Å². The van der Waals surface area contributed by atoms with Crippen LogP contribution in [-0.4, -0.2) is 27.5 Å². The van der Waals surface area contributed by atoms with Crippen LogP contribution in [0.1, 0.15) is 22.3 Å². The van der Waals surface area contributed by atoms with E-state index in [-0.39, 0.29) is 11.6 Å². The Balaban J connectivity index is 1.46. The lowest BCUT2D eigenvalue weighted by atomic mass is 10.1. The molecule has 4 rings (SSSR count). The zero-order valence-corrected chi connectivity index (χ0v) is 16.0. The smallest absolute Gasteiger partial charge is 0.279 e. The van der Waals surface area contributed by atoms with Gasteiger partial charge in [0.2, 0.25) is 0 Å². The minimum absolute atomic E-state index is 0.202. The molecular formula is C20H18N4O3S. The maximum Gasteiger partial charge on any atom is 0.279 e. The molecule has 142 valence electrons. The van der Waals surface area contributed by atoms with Gasteiger partial charge in [0.15, 0.2) is 11.5 Å². The lowest BCUT2D eigenvalue weighted by molar-refractivity contribution is 0.101. The summed E-state index contributed by atoms with van der Waals surface area (Å²) in [6, 6.07) is 14.8. The SMILES string of the molecule is CCOc1ccc(-c2cc(C(=O)Nc3ccnn3Cc3cccs3)no2)cc1. The van der Waals surface area contributed by atoms with Gasteiger partial charge in [0.25, 0.3) is 5.91 Å². The Hall–Kier alpha value is -3.39. The average Bonchev–Trinajstić information content (AvgIpc) is 3.46. The van der Waals surface area contributed by atoms with Crippen LogP contribution in [0.15, 0.2) is 64.6 Å². The molecule has 28 heavy (non-hydrogen) atoms. The van der Waals surface area contributed by atoms with Crippen LogP contribution in [0.5, 0.6) is 5.75 Å². The minimum Gasteiger partial charge on any atom is -0.494 e. The highest BCUT2D eigenvalue weighted by atomic mass is 32.1. The first-order valence-corrected chi connectivity index (χ1v) is 9.66. The van der Waals surface area contributed by atoms with Gasteiger partial charge in [-0.05, 0) is 42.6 Å². The van der Waals surface area contributed by atoms with Crippen LogP contribution in [0.25, 0.3) is 11.3 Å². The van der Waals surface area contributed by atoms with Crippen molar-refractivity contribution in [3.8, 4) is 17.1 Å². The first-order valence-electron chi connectivity index (χ1n) is 8.78. The maximum atomic E-state index is 12.6. The molecule has 0 fully saturated rings. The highest BCUT2D eigenvalue weighted by Gasteiger charge is 2.16. The monoisotopic (exact) mass is 394 g/mol. The predicted octanol–water partition coefficient (Wildman–Crippen LogP) is 4.30. The third kappa shape index (κ3) is 3.96. The highest BCUT2D eigenvalue weighted by molar-refractivity contribution is 7.09. The van der Waals surface area contributed by atoms with Crippen LogP contribution in [0, 0.1) is 0 Å². The molecule has 1 N–H and O–H groups in total. The van der Waals surface area contributed by atoms with Crippen molar-refractivity contribution in [2.45, 2.75) is 13.5 Å². The number of thiophene rings is 1. The Morgan fingerprint density at radius 1 is 1.25 bits per heavy atom. The van der Waals surface area contributed by atoms with E-state index < -0.39 is 0 Å². The van der Waals surface area contributed by atoms with Gasteiger partial charge in [-0.2, -0.15) is 5.10 Å². The van der Waals surface area contributed by atoms with Crippen molar-refractivity contribution >= 4 is 23.1 Å². The van der Waals surface area contributed by atoms with Crippen LogP contribution in [0.2, 0.25) is 0 Å². The Morgan fingerprint density at radius 2 is 2.11 bits per heavy atom. The first kappa shape index (κ1) is 18.0. The van der Waals surface area contributed by atoms with Crippen molar-refractivity contribution < 1.29 is 14.1 Å². The second-order valence-electron chi connectivity index (χ2n) is 5.94. The second-order valence-corrected chi connectivity index (χ2v) is 6.97. The molecule has 3 aromatic heterocycles. The molecule has 0 aliphatic heterocycles. The summed E-state index contributed by atoms with van der Waals surface area (Å²) in [6.45, 7) is 3.13. The van der Waals surface area contributed by atoms with Gasteiger partial charge in [-0.3, -0.25) is 4.79 Å². The summed E-state index contributed by atoms with van der Waals surface area (Å²) < 4.78 is 12.5. The zero-order valence-electron chi connectivity index (χ0n) is 15.2. The Kier molecular flexibility index (Phi) is 5.20. The van der Waals surface area contributed by atoms with Gasteiger partial charge < -0.3 is 14.6 Å². The predicted molar refractivity (Wildman–Crippen MR) is 107 cm³/mol. The fourth-order valence-electron chi connectivity index (χ4n) is 2.70. The number of carbonyl (C=O) groups is 1. The molecule has 0 bridgehead atoms. The molecule has 0 atom stereocenters. The molecule has 0 unspecified atom stereocenters. The van der Waals surface area contributed by atoms with Gasteiger partial charge in [-0.25, -0.2) is 4.68 Å². The molecule has 0 spiro atoms. The molecule has 1 amide bonds. The van der Waals surface area contributed by atoms with Crippen LogP contribution in [0.4, 0.5) is 5.82 Å². The topological polar surface area (TPSA) is 82.2 Å². The van der Waals surface area contributed by atoms with Crippen molar-refractivity contribution in [3.05, 3.63) is 70.7 Å². The molecule has 8 heteroatoms. The number of anilines is 1. The molecule has 0 aliphatic carbocycles. The van der Waals surface area contributed by atoms with Gasteiger partial charge >= 0.3 is 0 Å². The first-order chi connectivity index (χ1) is 13.7. The molecule has 1 aromatic carbocycles. The number of ether oxygens (including phenoxy) is 1.